The average Bonchev–Trinajstić information content (AvgIpc) is 2.64. The van der Waals surface area contributed by atoms with Gasteiger partial charge < -0.3 is 5.21 Å². The van der Waals surface area contributed by atoms with E-state index in [1.54, 1.807) is 30.3 Å². The number of hydrogen-bond acceptors (Lipinski definition) is 2. The van der Waals surface area contributed by atoms with Gasteiger partial charge in [0.1, 0.15) is 6.54 Å². The topological polar surface area (TPSA) is 46.4 Å². The molecule has 130 valence electrons. The molecule has 2 aromatic carbocycles. The number of carbonyl (C=O) groups excluding carboxylic acids is 1. The van der Waals surface area contributed by atoms with Gasteiger partial charge in [-0.25, -0.2) is 0 Å². The van der Waals surface area contributed by atoms with Gasteiger partial charge in [-0.2, -0.15) is 17.9 Å². The zero-order chi connectivity index (χ0) is 18.2. The van der Waals surface area contributed by atoms with E-state index in [-0.39, 0.29) is 22.0 Å². The van der Waals surface area contributed by atoms with Crippen molar-refractivity contribution in [3.05, 3.63) is 69.9 Å². The number of carbonyl (C=O) groups is 1. The van der Waals surface area contributed by atoms with Crippen molar-refractivity contribution in [1.82, 2.24) is 0 Å². The van der Waals surface area contributed by atoms with Crippen LogP contribution in [0, 0.1) is 5.21 Å². The van der Waals surface area contributed by atoms with Gasteiger partial charge in [0, 0.05) is 5.56 Å². The molecule has 0 saturated carbocycles. The predicted molar refractivity (Wildman–Crippen MR) is 88.0 cm³/mol. The number of hydroxylamine groups is 1. The van der Waals surface area contributed by atoms with Crippen molar-refractivity contribution < 1.29 is 22.7 Å². The van der Waals surface area contributed by atoms with Crippen LogP contribution in [0.3, 0.4) is 0 Å². The normalized spacial score (nSPS) is 15.2. The summed E-state index contributed by atoms with van der Waals surface area (Å²) in [5.41, 5.74) is 0.611. The molecule has 0 aliphatic carbocycles. The predicted octanol–water partition coefficient (Wildman–Crippen LogP) is 3.60. The number of rotatable bonds is 2. The van der Waals surface area contributed by atoms with Crippen molar-refractivity contribution in [3.8, 4) is 0 Å². The van der Waals surface area contributed by atoms with Gasteiger partial charge in [0.2, 0.25) is 12.3 Å². The summed E-state index contributed by atoms with van der Waals surface area (Å²) in [6.07, 6.45) is -4.61. The van der Waals surface area contributed by atoms with E-state index in [9.17, 15) is 23.2 Å². The van der Waals surface area contributed by atoms with Crippen molar-refractivity contribution in [2.45, 2.75) is 6.18 Å². The average molecular weight is 369 g/mol. The van der Waals surface area contributed by atoms with E-state index in [0.29, 0.717) is 15.2 Å². The molecule has 1 aliphatic heterocycles. The van der Waals surface area contributed by atoms with Crippen LogP contribution in [0.5, 0.6) is 0 Å². The molecule has 2 aromatic rings. The van der Waals surface area contributed by atoms with E-state index in [0.717, 1.165) is 0 Å². The summed E-state index contributed by atoms with van der Waals surface area (Å²) in [5.74, 6) is -0.943. The van der Waals surface area contributed by atoms with Gasteiger partial charge in [-0.1, -0.05) is 35.9 Å². The fraction of sp³-hybridized carbons (Fsp3) is 0.176. The van der Waals surface area contributed by atoms with Gasteiger partial charge in [0.05, 0.1) is 16.3 Å². The molecular formula is C17H12ClF3N2O2. The number of fused-ring (bicyclic) bond motifs is 1. The summed E-state index contributed by atoms with van der Waals surface area (Å²) < 4.78 is 39.2. The van der Waals surface area contributed by atoms with Crippen molar-refractivity contribution >= 4 is 28.9 Å². The minimum absolute atomic E-state index is 0.0352. The molecule has 0 N–H and O–H groups in total. The summed E-state index contributed by atoms with van der Waals surface area (Å²) in [6, 6.07) is 12.7. The van der Waals surface area contributed by atoms with Crippen LogP contribution in [0.4, 0.5) is 18.9 Å². The highest BCUT2D eigenvalue weighted by Gasteiger charge is 2.39. The second kappa shape index (κ2) is 6.40. The van der Waals surface area contributed by atoms with E-state index in [1.165, 1.54) is 18.2 Å². The summed E-state index contributed by atoms with van der Waals surface area (Å²) in [7, 11) is 0. The Hall–Kier alpha value is -2.54. The molecule has 0 radical (unpaired) electrons. The molecule has 0 aromatic heterocycles. The van der Waals surface area contributed by atoms with Crippen LogP contribution in [0.2, 0.25) is 5.02 Å². The minimum atomic E-state index is -4.61. The Morgan fingerprint density at radius 3 is 2.44 bits per heavy atom. The summed E-state index contributed by atoms with van der Waals surface area (Å²) in [4.78, 5) is 12.8. The first-order valence-corrected chi connectivity index (χ1v) is 7.69. The fourth-order valence-electron chi connectivity index (χ4n) is 2.76. The molecule has 1 heterocycles. The Labute approximate surface area is 146 Å². The summed E-state index contributed by atoms with van der Waals surface area (Å²) in [5, 5.41) is 12.6. The third-order valence-corrected chi connectivity index (χ3v) is 4.05. The molecule has 4 nitrogen and oxygen atoms in total. The van der Waals surface area contributed by atoms with Gasteiger partial charge in [0.15, 0.2) is 0 Å². The Morgan fingerprint density at radius 2 is 1.80 bits per heavy atom. The zero-order valence-corrected chi connectivity index (χ0v) is 13.5. The second-order valence-corrected chi connectivity index (χ2v) is 5.89. The summed E-state index contributed by atoms with van der Waals surface area (Å²) in [6.45, 7) is -2.22. The zero-order valence-electron chi connectivity index (χ0n) is 12.8. The van der Waals surface area contributed by atoms with Gasteiger partial charge in [-0.05, 0) is 24.3 Å². The molecule has 0 unspecified atom stereocenters. The van der Waals surface area contributed by atoms with Gasteiger partial charge in [-0.15, -0.1) is 0 Å². The number of hydrogen-bond donors (Lipinski definition) is 0. The summed E-state index contributed by atoms with van der Waals surface area (Å²) >= 11 is 6.20. The van der Waals surface area contributed by atoms with Crippen LogP contribution in [0.15, 0.2) is 48.5 Å². The Kier molecular flexibility index (Phi) is 4.43. The lowest BCUT2D eigenvalue weighted by Crippen LogP contribution is -2.41. The van der Waals surface area contributed by atoms with Crippen LogP contribution in [0.1, 0.15) is 11.1 Å². The fourth-order valence-corrected chi connectivity index (χ4v) is 3.01. The van der Waals surface area contributed by atoms with Crippen molar-refractivity contribution in [2.75, 3.05) is 18.0 Å². The third-order valence-electron chi connectivity index (χ3n) is 3.73. The van der Waals surface area contributed by atoms with Gasteiger partial charge in [-0.3, -0.25) is 9.69 Å². The van der Waals surface area contributed by atoms with Gasteiger partial charge in [0.25, 0.3) is 5.91 Å². The number of alkyl halides is 3. The van der Waals surface area contributed by atoms with Crippen LogP contribution in [-0.2, 0) is 4.79 Å². The molecule has 0 fully saturated rings. The van der Waals surface area contributed by atoms with Crippen molar-refractivity contribution in [1.29, 1.82) is 0 Å². The van der Waals surface area contributed by atoms with Crippen molar-refractivity contribution in [3.63, 3.8) is 0 Å². The number of amides is 1. The minimum Gasteiger partial charge on any atom is -0.623 e. The molecule has 1 aliphatic rings. The van der Waals surface area contributed by atoms with Crippen LogP contribution >= 0.6 is 11.6 Å². The molecule has 0 bridgehead atoms. The SMILES string of the molecule is O=C1C[N+]([O-])=C(c2ccccc2)c2c(Cl)cccc2N1CC(F)(F)F. The Morgan fingerprint density at radius 1 is 1.12 bits per heavy atom. The monoisotopic (exact) mass is 368 g/mol. The van der Waals surface area contributed by atoms with Crippen LogP contribution in [-0.4, -0.2) is 35.6 Å². The first-order chi connectivity index (χ1) is 11.8. The molecule has 1 amide bonds. The second-order valence-electron chi connectivity index (χ2n) is 5.48. The standard InChI is InChI=1S/C17H12ClF3N2O2/c18-12-7-4-8-13-15(12)16(11-5-2-1-3-6-11)23(25)9-14(24)22(13)10-17(19,20)21/h1-8H,9-10H2. The van der Waals surface area contributed by atoms with E-state index < -0.39 is 25.2 Å². The lowest BCUT2D eigenvalue weighted by atomic mass is 10.00. The molecular weight excluding hydrogens is 357 g/mol. The highest BCUT2D eigenvalue weighted by Crippen LogP contribution is 2.33. The molecule has 0 atom stereocenters. The lowest BCUT2D eigenvalue weighted by Gasteiger charge is -2.23. The Bertz CT molecular complexity index is 851. The van der Waals surface area contributed by atoms with Crippen molar-refractivity contribution in [2.24, 2.45) is 0 Å². The van der Waals surface area contributed by atoms with Gasteiger partial charge >= 0.3 is 6.18 Å². The molecule has 8 heteroatoms. The first-order valence-electron chi connectivity index (χ1n) is 7.31. The van der Waals surface area contributed by atoms with E-state index >= 15 is 0 Å². The number of anilines is 1. The molecule has 25 heavy (non-hydrogen) atoms. The highest BCUT2D eigenvalue weighted by atomic mass is 35.5. The van der Waals surface area contributed by atoms with Crippen LogP contribution < -0.4 is 4.90 Å². The number of benzene rings is 2. The maximum absolute atomic E-state index is 12.9. The maximum atomic E-state index is 12.9. The number of nitrogens with zero attached hydrogens (tertiary/aromatic N) is 2. The van der Waals surface area contributed by atoms with Crippen LogP contribution in [0.25, 0.3) is 0 Å². The highest BCUT2D eigenvalue weighted by molar-refractivity contribution is 6.36. The first kappa shape index (κ1) is 17.3. The quantitative estimate of drug-likeness (QED) is 0.600. The molecule has 0 saturated heterocycles. The smallest absolute Gasteiger partial charge is 0.406 e. The largest absolute Gasteiger partial charge is 0.623 e. The maximum Gasteiger partial charge on any atom is 0.406 e. The number of halogens is 4. The molecule has 0 spiro atoms. The third kappa shape index (κ3) is 3.46. The lowest BCUT2D eigenvalue weighted by molar-refractivity contribution is -0.443. The number of benzodiazepines with no additional fused rings is 1. The van der Waals surface area contributed by atoms with E-state index in [1.807, 2.05) is 0 Å². The Balaban J connectivity index is 2.26. The van der Waals surface area contributed by atoms with E-state index in [2.05, 4.69) is 0 Å². The molecule has 3 rings (SSSR count). The van der Waals surface area contributed by atoms with E-state index in [4.69, 9.17) is 11.6 Å².